The maximum atomic E-state index is 13.8. The number of ether oxygens (including phenoxy) is 1. The van der Waals surface area contributed by atoms with Crippen LogP contribution in [0.4, 0.5) is 17.6 Å². The molecule has 0 aromatic heterocycles. The number of carbonyl (C=O) groups excluding carboxylic acids is 1. The zero-order chi connectivity index (χ0) is 25.8. The molecule has 1 heterocycles. The molecule has 0 amide bonds. The zero-order valence-electron chi connectivity index (χ0n) is 20.0. The summed E-state index contributed by atoms with van der Waals surface area (Å²) >= 11 is 0. The number of aliphatic hydroxyl groups excluding tert-OH is 1. The van der Waals surface area contributed by atoms with Crippen LogP contribution in [0.3, 0.4) is 0 Å². The molecule has 7 heteroatoms. The molecule has 1 atom stereocenters. The van der Waals surface area contributed by atoms with E-state index in [2.05, 4.69) is 0 Å². The van der Waals surface area contributed by atoms with Gasteiger partial charge in [0.15, 0.2) is 5.78 Å². The lowest BCUT2D eigenvalue weighted by molar-refractivity contribution is -0.137. The number of alkyl halides is 3. The van der Waals surface area contributed by atoms with E-state index in [-0.39, 0.29) is 23.7 Å². The third kappa shape index (κ3) is 4.19. The number of hydrogen-bond acceptors (Lipinski definition) is 3. The highest BCUT2D eigenvalue weighted by Crippen LogP contribution is 2.51. The molecule has 1 fully saturated rings. The van der Waals surface area contributed by atoms with E-state index in [1.807, 2.05) is 13.8 Å². The highest BCUT2D eigenvalue weighted by molar-refractivity contribution is 6.07. The molecule has 1 aliphatic carbocycles. The fraction of sp³-hybridized carbons (Fsp3) is 0.345. The van der Waals surface area contributed by atoms with Crippen LogP contribution in [0.15, 0.2) is 54.6 Å². The lowest BCUT2D eigenvalue weighted by atomic mass is 9.72. The van der Waals surface area contributed by atoms with Crippen molar-refractivity contribution in [3.63, 3.8) is 0 Å². The summed E-state index contributed by atoms with van der Waals surface area (Å²) in [6.45, 7) is 3.87. The van der Waals surface area contributed by atoms with Gasteiger partial charge in [-0.3, -0.25) is 4.79 Å². The van der Waals surface area contributed by atoms with Gasteiger partial charge in [-0.2, -0.15) is 13.2 Å². The summed E-state index contributed by atoms with van der Waals surface area (Å²) in [5.74, 6) is -0.233. The minimum Gasteiger partial charge on any atom is -0.486 e. The Morgan fingerprint density at radius 2 is 1.61 bits per heavy atom. The van der Waals surface area contributed by atoms with Gasteiger partial charge in [-0.05, 0) is 77.8 Å². The smallest absolute Gasteiger partial charge is 0.416 e. The number of benzene rings is 3. The molecule has 0 bridgehead atoms. The van der Waals surface area contributed by atoms with E-state index in [0.29, 0.717) is 33.6 Å². The lowest BCUT2D eigenvalue weighted by Crippen LogP contribution is -2.48. The number of ketones is 1. The van der Waals surface area contributed by atoms with Gasteiger partial charge in [0.05, 0.1) is 17.5 Å². The van der Waals surface area contributed by atoms with E-state index in [0.717, 1.165) is 31.4 Å². The average Bonchev–Trinajstić information content (AvgIpc) is 2.81. The molecular weight excluding hydrogens is 472 g/mol. The van der Waals surface area contributed by atoms with Gasteiger partial charge >= 0.3 is 6.18 Å². The van der Waals surface area contributed by atoms with Crippen LogP contribution in [0.2, 0.25) is 0 Å². The predicted molar refractivity (Wildman–Crippen MR) is 128 cm³/mol. The van der Waals surface area contributed by atoms with Crippen LogP contribution >= 0.6 is 0 Å². The number of halogens is 4. The first-order valence-corrected chi connectivity index (χ1v) is 12.0. The second-order valence-electron chi connectivity index (χ2n) is 10.1. The molecule has 1 unspecified atom stereocenters. The van der Waals surface area contributed by atoms with Gasteiger partial charge in [0.1, 0.15) is 23.3 Å². The first kappa shape index (κ1) is 24.5. The number of rotatable bonds is 4. The molecule has 0 saturated heterocycles. The van der Waals surface area contributed by atoms with Crippen molar-refractivity contribution in [1.82, 2.24) is 0 Å². The van der Waals surface area contributed by atoms with Crippen molar-refractivity contribution < 1.29 is 32.2 Å². The van der Waals surface area contributed by atoms with Gasteiger partial charge in [-0.25, -0.2) is 4.39 Å². The molecule has 36 heavy (non-hydrogen) atoms. The molecular formula is C29H26F4O3. The Morgan fingerprint density at radius 1 is 0.972 bits per heavy atom. The maximum Gasteiger partial charge on any atom is 0.416 e. The Morgan fingerprint density at radius 3 is 2.14 bits per heavy atom. The molecule has 1 spiro atoms. The maximum absolute atomic E-state index is 13.8. The van der Waals surface area contributed by atoms with E-state index in [1.54, 1.807) is 18.2 Å². The Kier molecular flexibility index (Phi) is 5.94. The summed E-state index contributed by atoms with van der Waals surface area (Å²) in [6.07, 6.45) is -3.05. The van der Waals surface area contributed by atoms with Gasteiger partial charge in [0.2, 0.25) is 0 Å². The fourth-order valence-corrected chi connectivity index (χ4v) is 5.26. The summed E-state index contributed by atoms with van der Waals surface area (Å²) in [4.78, 5) is 13.5. The lowest BCUT2D eigenvalue weighted by Gasteiger charge is -2.45. The van der Waals surface area contributed by atoms with Crippen LogP contribution in [0, 0.1) is 5.82 Å². The van der Waals surface area contributed by atoms with Crippen molar-refractivity contribution in [2.45, 2.75) is 63.3 Å². The number of aliphatic hydroxyl groups is 1. The molecule has 2 aliphatic rings. The summed E-state index contributed by atoms with van der Waals surface area (Å²) in [5, 5.41) is 11.6. The van der Waals surface area contributed by atoms with Crippen LogP contribution in [-0.4, -0.2) is 16.5 Å². The molecule has 188 valence electrons. The zero-order valence-corrected chi connectivity index (χ0v) is 20.0. The quantitative estimate of drug-likeness (QED) is 0.377. The van der Waals surface area contributed by atoms with Crippen molar-refractivity contribution in [3.05, 3.63) is 88.2 Å². The normalized spacial score (nSPS) is 17.5. The molecule has 5 rings (SSSR count). The Balaban J connectivity index is 1.74. The average molecular weight is 499 g/mol. The van der Waals surface area contributed by atoms with E-state index in [9.17, 15) is 27.5 Å². The van der Waals surface area contributed by atoms with Gasteiger partial charge in [-0.1, -0.05) is 38.1 Å². The first-order chi connectivity index (χ1) is 17.0. The molecule has 1 aliphatic heterocycles. The van der Waals surface area contributed by atoms with Crippen LogP contribution in [0.5, 0.6) is 5.75 Å². The number of fused-ring (bicyclic) bond motifs is 1. The van der Waals surface area contributed by atoms with E-state index in [1.165, 1.54) is 24.3 Å². The minimum absolute atomic E-state index is 0.105. The van der Waals surface area contributed by atoms with Crippen LogP contribution in [0.1, 0.15) is 84.2 Å². The fourth-order valence-electron chi connectivity index (χ4n) is 5.26. The monoisotopic (exact) mass is 498 g/mol. The minimum atomic E-state index is -4.50. The number of Topliss-reactive ketones (excluding diaryl/α,β-unsaturated/α-hetero) is 1. The van der Waals surface area contributed by atoms with Gasteiger partial charge in [-0.15, -0.1) is 0 Å². The van der Waals surface area contributed by atoms with E-state index >= 15 is 0 Å². The third-order valence-electron chi connectivity index (χ3n) is 7.30. The van der Waals surface area contributed by atoms with Crippen LogP contribution in [0.25, 0.3) is 11.1 Å². The van der Waals surface area contributed by atoms with Gasteiger partial charge in [0.25, 0.3) is 0 Å². The van der Waals surface area contributed by atoms with Crippen molar-refractivity contribution >= 4 is 5.78 Å². The second kappa shape index (κ2) is 8.73. The van der Waals surface area contributed by atoms with Gasteiger partial charge < -0.3 is 9.84 Å². The summed E-state index contributed by atoms with van der Waals surface area (Å²) in [6, 6.07) is 11.8. The van der Waals surface area contributed by atoms with E-state index in [4.69, 9.17) is 4.74 Å². The van der Waals surface area contributed by atoms with Crippen molar-refractivity contribution in [1.29, 1.82) is 0 Å². The predicted octanol–water partition coefficient (Wildman–Crippen LogP) is 7.60. The van der Waals surface area contributed by atoms with E-state index < -0.39 is 29.3 Å². The van der Waals surface area contributed by atoms with Crippen molar-refractivity contribution in [2.75, 3.05) is 0 Å². The molecule has 3 aromatic carbocycles. The van der Waals surface area contributed by atoms with Crippen LogP contribution in [-0.2, 0) is 6.18 Å². The largest absolute Gasteiger partial charge is 0.486 e. The molecule has 3 aromatic rings. The molecule has 0 radical (unpaired) electrons. The second-order valence-corrected chi connectivity index (χ2v) is 10.1. The standard InChI is InChI=1S/C29H26F4O3/c1-16(2)21-14-23-26(22(34)15-28(36-23)12-3-13-28)24(17-6-10-20(30)11-7-17)25(21)27(35)18-4-8-19(9-5-18)29(31,32)33/h4-11,14,16,27,35H,3,12-13,15H2,1-2H3. The SMILES string of the molecule is CC(C)c1cc2c(c(-c3ccc(F)cc3)c1C(O)c1ccc(C(F)(F)F)cc1)C(=O)CC1(CCC1)O2. The number of carbonyl (C=O) groups is 1. The Hall–Kier alpha value is -3.19. The Bertz CT molecular complexity index is 1300. The van der Waals surface area contributed by atoms with Crippen molar-refractivity contribution in [3.8, 4) is 16.9 Å². The van der Waals surface area contributed by atoms with Gasteiger partial charge in [0, 0.05) is 5.56 Å². The summed E-state index contributed by atoms with van der Waals surface area (Å²) < 4.78 is 59.5. The number of hydrogen-bond donors (Lipinski definition) is 1. The summed E-state index contributed by atoms with van der Waals surface area (Å²) in [7, 11) is 0. The molecule has 3 nitrogen and oxygen atoms in total. The first-order valence-electron chi connectivity index (χ1n) is 12.0. The molecule has 1 N–H and O–H groups in total. The van der Waals surface area contributed by atoms with Crippen LogP contribution < -0.4 is 4.74 Å². The highest BCUT2D eigenvalue weighted by atomic mass is 19.4. The van der Waals surface area contributed by atoms with Crippen molar-refractivity contribution in [2.24, 2.45) is 0 Å². The molecule has 1 saturated carbocycles. The summed E-state index contributed by atoms with van der Waals surface area (Å²) in [5.41, 5.74) is 1.34. The highest BCUT2D eigenvalue weighted by Gasteiger charge is 2.47. The Labute approximate surface area is 206 Å². The topological polar surface area (TPSA) is 46.5 Å². The third-order valence-corrected chi connectivity index (χ3v) is 7.30.